The highest BCUT2D eigenvalue weighted by Crippen LogP contribution is 2.21. The lowest BCUT2D eigenvalue weighted by atomic mass is 10.1. The van der Waals surface area contributed by atoms with Gasteiger partial charge in [0.05, 0.1) is 11.4 Å². The van der Waals surface area contributed by atoms with Crippen molar-refractivity contribution in [2.45, 2.75) is 25.3 Å². The van der Waals surface area contributed by atoms with E-state index in [9.17, 15) is 13.2 Å². The number of nitrogens with zero attached hydrogens (tertiary/aromatic N) is 1. The molecule has 30 heavy (non-hydrogen) atoms. The molecule has 1 N–H and O–H groups in total. The molecule has 0 aromatic heterocycles. The predicted molar refractivity (Wildman–Crippen MR) is 120 cm³/mol. The van der Waals surface area contributed by atoms with Gasteiger partial charge in [0, 0.05) is 17.3 Å². The van der Waals surface area contributed by atoms with Gasteiger partial charge in [-0.1, -0.05) is 54.1 Å². The van der Waals surface area contributed by atoms with Crippen LogP contribution in [0.3, 0.4) is 0 Å². The van der Waals surface area contributed by atoms with Gasteiger partial charge in [-0.2, -0.15) is 4.31 Å². The highest BCUT2D eigenvalue weighted by Gasteiger charge is 2.27. The maximum absolute atomic E-state index is 13.2. The summed E-state index contributed by atoms with van der Waals surface area (Å²) >= 11 is 5.94. The topological polar surface area (TPSA) is 66.5 Å². The molecule has 0 radical (unpaired) electrons. The number of rotatable bonds is 7. The van der Waals surface area contributed by atoms with Crippen LogP contribution in [0.4, 0.5) is 5.69 Å². The molecule has 0 spiro atoms. The van der Waals surface area contributed by atoms with Crippen LogP contribution in [0.2, 0.25) is 5.02 Å². The number of sulfonamides is 1. The Hall–Kier alpha value is -2.67. The van der Waals surface area contributed by atoms with E-state index in [2.05, 4.69) is 5.32 Å². The maximum atomic E-state index is 13.2. The number of carbonyl (C=O) groups excluding carboxylic acids is 1. The number of anilines is 1. The lowest BCUT2D eigenvalue weighted by Crippen LogP contribution is -2.37. The molecule has 0 atom stereocenters. The van der Waals surface area contributed by atoms with E-state index in [1.54, 1.807) is 42.5 Å². The van der Waals surface area contributed by atoms with Gasteiger partial charge >= 0.3 is 0 Å². The zero-order valence-electron chi connectivity index (χ0n) is 16.8. The summed E-state index contributed by atoms with van der Waals surface area (Å²) in [6.07, 6.45) is 0. The van der Waals surface area contributed by atoms with Gasteiger partial charge < -0.3 is 5.32 Å². The smallest absolute Gasteiger partial charge is 0.243 e. The first-order valence-corrected chi connectivity index (χ1v) is 11.2. The molecule has 0 fully saturated rings. The molecule has 3 aromatic rings. The quantitative estimate of drug-likeness (QED) is 0.572. The van der Waals surface area contributed by atoms with Crippen molar-refractivity contribution in [2.75, 3.05) is 11.9 Å². The van der Waals surface area contributed by atoms with E-state index in [4.69, 9.17) is 11.6 Å². The van der Waals surface area contributed by atoms with E-state index >= 15 is 0 Å². The lowest BCUT2D eigenvalue weighted by Gasteiger charge is -2.22. The van der Waals surface area contributed by atoms with E-state index in [-0.39, 0.29) is 18.0 Å². The van der Waals surface area contributed by atoms with Crippen LogP contribution in [0.25, 0.3) is 0 Å². The van der Waals surface area contributed by atoms with Gasteiger partial charge in [-0.25, -0.2) is 8.42 Å². The van der Waals surface area contributed by atoms with Crippen LogP contribution in [-0.2, 0) is 21.4 Å². The molecule has 1 amide bonds. The third-order valence-electron chi connectivity index (χ3n) is 4.64. The second-order valence-corrected chi connectivity index (χ2v) is 9.45. The second-order valence-electron chi connectivity index (χ2n) is 7.08. The Bertz CT molecular complexity index is 1130. The molecule has 3 aromatic carbocycles. The van der Waals surface area contributed by atoms with Crippen LogP contribution in [0.15, 0.2) is 77.7 Å². The van der Waals surface area contributed by atoms with Crippen LogP contribution in [0.1, 0.15) is 16.7 Å². The van der Waals surface area contributed by atoms with Crippen LogP contribution in [-0.4, -0.2) is 25.2 Å². The molecule has 7 heteroatoms. The molecule has 3 rings (SSSR count). The number of hydrogen-bond donors (Lipinski definition) is 1. The summed E-state index contributed by atoms with van der Waals surface area (Å²) in [6.45, 7) is 3.56. The fourth-order valence-electron chi connectivity index (χ4n) is 2.98. The number of halogens is 1. The van der Waals surface area contributed by atoms with E-state index < -0.39 is 15.9 Å². The van der Waals surface area contributed by atoms with Crippen molar-refractivity contribution >= 4 is 33.2 Å². The second kappa shape index (κ2) is 9.43. The van der Waals surface area contributed by atoms with Crippen molar-refractivity contribution in [1.29, 1.82) is 0 Å². The Labute approximate surface area is 182 Å². The van der Waals surface area contributed by atoms with Gasteiger partial charge in [0.25, 0.3) is 0 Å². The van der Waals surface area contributed by atoms with Crippen molar-refractivity contribution in [3.63, 3.8) is 0 Å². The van der Waals surface area contributed by atoms with Crippen molar-refractivity contribution in [2.24, 2.45) is 0 Å². The minimum absolute atomic E-state index is 0.0502. The number of carbonyl (C=O) groups is 1. The van der Waals surface area contributed by atoms with Crippen molar-refractivity contribution in [3.8, 4) is 0 Å². The monoisotopic (exact) mass is 442 g/mol. The number of nitrogens with one attached hydrogen (secondary N) is 1. The van der Waals surface area contributed by atoms with Gasteiger partial charge in [-0.3, -0.25) is 4.79 Å². The fourth-order valence-corrected chi connectivity index (χ4v) is 4.51. The van der Waals surface area contributed by atoms with E-state index in [0.717, 1.165) is 16.7 Å². The van der Waals surface area contributed by atoms with E-state index in [1.807, 2.05) is 32.0 Å². The summed E-state index contributed by atoms with van der Waals surface area (Å²) in [7, 11) is -3.88. The largest absolute Gasteiger partial charge is 0.325 e. The third-order valence-corrected chi connectivity index (χ3v) is 6.70. The molecular weight excluding hydrogens is 420 g/mol. The van der Waals surface area contributed by atoms with Gasteiger partial charge in [-0.05, 0) is 60.9 Å². The van der Waals surface area contributed by atoms with Gasteiger partial charge in [-0.15, -0.1) is 0 Å². The molecule has 5 nitrogen and oxygen atoms in total. The van der Waals surface area contributed by atoms with Crippen molar-refractivity contribution in [1.82, 2.24) is 4.31 Å². The average molecular weight is 443 g/mol. The predicted octanol–water partition coefficient (Wildman–Crippen LogP) is 4.79. The lowest BCUT2D eigenvalue weighted by molar-refractivity contribution is -0.116. The molecule has 0 bridgehead atoms. The molecule has 0 aliphatic rings. The molecular formula is C23H23ClN2O3S. The van der Waals surface area contributed by atoms with Crippen LogP contribution >= 0.6 is 11.6 Å². The first-order valence-electron chi connectivity index (χ1n) is 9.42. The molecule has 0 saturated heterocycles. The molecule has 0 aliphatic carbocycles. The Morgan fingerprint density at radius 1 is 0.967 bits per heavy atom. The third kappa shape index (κ3) is 5.48. The summed E-state index contributed by atoms with van der Waals surface area (Å²) in [5.41, 5.74) is 3.32. The van der Waals surface area contributed by atoms with Gasteiger partial charge in [0.15, 0.2) is 0 Å². The summed E-state index contributed by atoms with van der Waals surface area (Å²) in [4.78, 5) is 12.9. The summed E-state index contributed by atoms with van der Waals surface area (Å²) in [6, 6.07) is 20.7. The molecule has 156 valence electrons. The Morgan fingerprint density at radius 2 is 1.63 bits per heavy atom. The first kappa shape index (κ1) is 22.0. The maximum Gasteiger partial charge on any atom is 0.243 e. The van der Waals surface area contributed by atoms with Crippen LogP contribution < -0.4 is 5.32 Å². The highest BCUT2D eigenvalue weighted by atomic mass is 35.5. The average Bonchev–Trinajstić information content (AvgIpc) is 2.72. The highest BCUT2D eigenvalue weighted by molar-refractivity contribution is 7.89. The molecule has 0 heterocycles. The fraction of sp³-hybridized carbons (Fsp3) is 0.174. The molecule has 0 unspecified atom stereocenters. The summed E-state index contributed by atoms with van der Waals surface area (Å²) < 4.78 is 27.6. The Morgan fingerprint density at radius 3 is 2.30 bits per heavy atom. The van der Waals surface area contributed by atoms with Crippen molar-refractivity contribution < 1.29 is 13.2 Å². The van der Waals surface area contributed by atoms with Crippen LogP contribution in [0.5, 0.6) is 0 Å². The summed E-state index contributed by atoms with van der Waals surface area (Å²) in [5.74, 6) is -0.405. The number of benzene rings is 3. The van der Waals surface area contributed by atoms with E-state index in [0.29, 0.717) is 10.7 Å². The Balaban J connectivity index is 1.87. The van der Waals surface area contributed by atoms with Crippen LogP contribution in [0, 0.1) is 13.8 Å². The normalized spacial score (nSPS) is 11.5. The van der Waals surface area contributed by atoms with Gasteiger partial charge in [0.1, 0.15) is 0 Å². The molecule has 0 aliphatic heterocycles. The number of aryl methyl sites for hydroxylation is 2. The zero-order chi connectivity index (χ0) is 21.7. The Kier molecular flexibility index (Phi) is 6.92. The van der Waals surface area contributed by atoms with E-state index in [1.165, 1.54) is 16.4 Å². The summed E-state index contributed by atoms with van der Waals surface area (Å²) in [5, 5.41) is 3.39. The van der Waals surface area contributed by atoms with Crippen molar-refractivity contribution in [3.05, 3.63) is 94.5 Å². The number of hydrogen-bond acceptors (Lipinski definition) is 3. The zero-order valence-corrected chi connectivity index (χ0v) is 18.4. The SMILES string of the molecule is Cc1ccc(C)c(NC(=O)CN(Cc2ccc(Cl)cc2)S(=O)(=O)c2ccccc2)c1. The number of amides is 1. The van der Waals surface area contributed by atoms with Gasteiger partial charge in [0.2, 0.25) is 15.9 Å². The standard InChI is InChI=1S/C23H23ClN2O3S/c1-17-8-9-18(2)22(14-17)25-23(27)16-26(15-19-10-12-20(24)13-11-19)30(28,29)21-6-4-3-5-7-21/h3-14H,15-16H2,1-2H3,(H,25,27). The first-order chi connectivity index (χ1) is 14.3. The minimum Gasteiger partial charge on any atom is -0.325 e. The molecule has 0 saturated carbocycles. The minimum atomic E-state index is -3.88.